The molecule has 0 spiro atoms. The van der Waals surface area contributed by atoms with Gasteiger partial charge in [-0.15, -0.1) is 0 Å². The van der Waals surface area contributed by atoms with E-state index in [1.807, 2.05) is 54.7 Å². The Hall–Kier alpha value is -6.77. The fourth-order valence-electron chi connectivity index (χ4n) is 8.37. The third-order valence-electron chi connectivity index (χ3n) is 12.3. The summed E-state index contributed by atoms with van der Waals surface area (Å²) in [5.74, 6) is -0.734. The molecule has 1 fully saturated rings. The van der Waals surface area contributed by atoms with Crippen LogP contribution in [0.2, 0.25) is 0 Å². The number of hydrazone groups is 1. The predicted molar refractivity (Wildman–Crippen MR) is 235 cm³/mol. The molecule has 4 aromatic rings. The second-order valence-electron chi connectivity index (χ2n) is 16.2. The second kappa shape index (κ2) is 19.7. The molecule has 1 aromatic heterocycles. The molecule has 1 saturated heterocycles. The van der Waals surface area contributed by atoms with E-state index >= 15 is 0 Å². The Morgan fingerprint density at radius 3 is 2.37 bits per heavy atom. The van der Waals surface area contributed by atoms with E-state index in [2.05, 4.69) is 49.8 Å². The summed E-state index contributed by atoms with van der Waals surface area (Å²) in [5.41, 5.74) is 4.15. The van der Waals surface area contributed by atoms with Crippen molar-refractivity contribution in [2.45, 2.75) is 64.5 Å². The summed E-state index contributed by atoms with van der Waals surface area (Å²) < 4.78 is 0. The maximum absolute atomic E-state index is 13.5. The average molecular weight is 840 g/mol. The molecular weight excluding hydrogens is 787 g/mol. The van der Waals surface area contributed by atoms with Gasteiger partial charge in [0.05, 0.1) is 22.9 Å². The van der Waals surface area contributed by atoms with Gasteiger partial charge in [-0.1, -0.05) is 62.4 Å². The Labute approximate surface area is 361 Å². The van der Waals surface area contributed by atoms with Crippen molar-refractivity contribution in [3.05, 3.63) is 107 Å². The van der Waals surface area contributed by atoms with Crippen LogP contribution < -0.4 is 20.9 Å². The number of rotatable bonds is 17. The quantitative estimate of drug-likeness (QED) is 0.0904. The number of aromatic nitrogens is 2. The molecule has 3 aliphatic heterocycles. The van der Waals surface area contributed by atoms with E-state index in [1.165, 1.54) is 7.05 Å². The zero-order chi connectivity index (χ0) is 43.8. The third kappa shape index (κ3) is 9.41. The number of nitrogens with zero attached hydrogens (tertiary/aromatic N) is 6. The molecule has 5 amide bonds. The van der Waals surface area contributed by atoms with Crippen LogP contribution in [-0.2, 0) is 14.4 Å². The molecule has 0 aliphatic carbocycles. The van der Waals surface area contributed by atoms with Crippen LogP contribution in [-0.4, -0.2) is 101 Å². The molecule has 3 aliphatic rings. The normalized spacial score (nSPS) is 17.7. The third-order valence-corrected chi connectivity index (χ3v) is 12.3. The van der Waals surface area contributed by atoms with E-state index in [1.54, 1.807) is 41.7 Å². The van der Waals surface area contributed by atoms with Crippen LogP contribution in [0.25, 0.3) is 11.3 Å². The molecule has 4 heterocycles. The number of hydrogen-bond acceptors (Lipinski definition) is 11. The molecule has 7 rings (SSSR count). The van der Waals surface area contributed by atoms with Crippen molar-refractivity contribution in [1.82, 2.24) is 30.5 Å². The molecule has 3 N–H and O–H groups in total. The number of imide groups is 1. The zero-order valence-corrected chi connectivity index (χ0v) is 35.3. The number of piperidine rings is 1. The van der Waals surface area contributed by atoms with Gasteiger partial charge in [0.1, 0.15) is 24.5 Å². The maximum Gasteiger partial charge on any atom is 0.264 e. The van der Waals surface area contributed by atoms with Crippen LogP contribution in [0, 0.1) is 17.8 Å². The minimum Gasteiger partial charge on any atom is -0.384 e. The number of likely N-dealkylation sites (N-methyl/N-ethyl adjacent to an activating group) is 1. The van der Waals surface area contributed by atoms with Gasteiger partial charge in [0.2, 0.25) is 11.8 Å². The summed E-state index contributed by atoms with van der Waals surface area (Å²) >= 11 is 0. The molecular formula is C47H53N9O6. The van der Waals surface area contributed by atoms with Gasteiger partial charge in [-0.3, -0.25) is 28.9 Å². The molecule has 62 heavy (non-hydrogen) atoms. The first kappa shape index (κ1) is 43.3. The van der Waals surface area contributed by atoms with Crippen LogP contribution in [0.15, 0.2) is 90.3 Å². The Balaban J connectivity index is 0.871. The van der Waals surface area contributed by atoms with Crippen molar-refractivity contribution in [2.75, 3.05) is 43.4 Å². The molecule has 322 valence electrons. The number of nitrogens with one attached hydrogen (secondary N) is 3. The number of hydrogen-bond donors (Lipinski definition) is 3. The first-order chi connectivity index (χ1) is 30.1. The van der Waals surface area contributed by atoms with Crippen molar-refractivity contribution < 1.29 is 28.8 Å². The summed E-state index contributed by atoms with van der Waals surface area (Å²) in [6.07, 6.45) is 6.96. The van der Waals surface area contributed by atoms with Crippen molar-refractivity contribution in [3.63, 3.8) is 0 Å². The fraction of sp³-hybridized carbons (Fsp3) is 0.383. The molecule has 4 unspecified atom stereocenters. The summed E-state index contributed by atoms with van der Waals surface area (Å²) in [6, 6.07) is 23.2. The predicted octanol–water partition coefficient (Wildman–Crippen LogP) is 5.51. The molecule has 3 aromatic carbocycles. The minimum absolute atomic E-state index is 0.0324. The van der Waals surface area contributed by atoms with Crippen molar-refractivity contribution in [1.29, 1.82) is 0 Å². The van der Waals surface area contributed by atoms with Gasteiger partial charge >= 0.3 is 0 Å². The van der Waals surface area contributed by atoms with Crippen molar-refractivity contribution in [2.24, 2.45) is 22.9 Å². The number of aldehydes is 1. The highest BCUT2D eigenvalue weighted by Crippen LogP contribution is 2.34. The topological polar surface area (TPSA) is 186 Å². The molecule has 15 heteroatoms. The molecule has 0 radical (unpaired) electrons. The largest absolute Gasteiger partial charge is 0.384 e. The van der Waals surface area contributed by atoms with Gasteiger partial charge in [-0.2, -0.15) is 5.10 Å². The van der Waals surface area contributed by atoms with E-state index in [4.69, 9.17) is 0 Å². The Morgan fingerprint density at radius 1 is 0.887 bits per heavy atom. The number of anilines is 2. The molecule has 0 bridgehead atoms. The average Bonchev–Trinajstić information content (AvgIpc) is 3.91. The Morgan fingerprint density at radius 2 is 1.65 bits per heavy atom. The number of fused-ring (bicyclic) bond motifs is 1. The summed E-state index contributed by atoms with van der Waals surface area (Å²) in [4.78, 5) is 89.4. The van der Waals surface area contributed by atoms with Crippen LogP contribution in [0.1, 0.15) is 95.1 Å². The molecule has 0 saturated carbocycles. The maximum atomic E-state index is 13.5. The summed E-state index contributed by atoms with van der Waals surface area (Å²) in [6.45, 7) is 6.52. The van der Waals surface area contributed by atoms with Gasteiger partial charge in [-0.05, 0) is 67.3 Å². The highest BCUT2D eigenvalue weighted by atomic mass is 16.2. The standard InChI is InChI=1S/C47H53N9O6/c1-30(18-22-49-37-12-7-11-36-42(37)47(62)55(46(36)61)40(13-8-26-57)44(59)48-3)31(2)28-50-43(58)34-16-14-32(15-17-34)38-27-41(52-29-51-38)54-24-20-35(21-25-54)45(60)56-39(19-23-53-56)33-9-5-4-6-10-33/h4-7,9-12,14-17,23,26-27,29-31,35,39-40,49H,8,13,18-22,24-25,28H2,1-3H3,(H,48,59)(H,50,58). The smallest absolute Gasteiger partial charge is 0.264 e. The van der Waals surface area contributed by atoms with E-state index in [0.29, 0.717) is 56.6 Å². The van der Waals surface area contributed by atoms with Crippen molar-refractivity contribution >= 4 is 53.5 Å². The first-order valence-corrected chi connectivity index (χ1v) is 21.4. The molecule has 4 atom stereocenters. The number of carbonyl (C=O) groups excluding carboxylic acids is 6. The van der Waals surface area contributed by atoms with Gasteiger partial charge in [0, 0.05) is 81.1 Å². The second-order valence-corrected chi connectivity index (χ2v) is 16.2. The van der Waals surface area contributed by atoms with Gasteiger partial charge in [0.15, 0.2) is 0 Å². The lowest BCUT2D eigenvalue weighted by molar-refractivity contribution is -0.138. The van der Waals surface area contributed by atoms with Crippen molar-refractivity contribution in [3.8, 4) is 11.3 Å². The highest BCUT2D eigenvalue weighted by Gasteiger charge is 2.43. The number of carbonyl (C=O) groups is 6. The van der Waals surface area contributed by atoms with Gasteiger partial charge < -0.3 is 25.6 Å². The molecule has 15 nitrogen and oxygen atoms in total. The van der Waals surface area contributed by atoms with E-state index in [-0.39, 0.29) is 59.6 Å². The summed E-state index contributed by atoms with van der Waals surface area (Å²) in [7, 11) is 1.42. The van der Waals surface area contributed by atoms with Crippen LogP contribution >= 0.6 is 0 Å². The lowest BCUT2D eigenvalue weighted by atomic mass is 9.92. The Bertz CT molecular complexity index is 2310. The first-order valence-electron chi connectivity index (χ1n) is 21.4. The van der Waals surface area contributed by atoms with Crippen LogP contribution in [0.5, 0.6) is 0 Å². The monoisotopic (exact) mass is 839 g/mol. The van der Waals surface area contributed by atoms with E-state index in [0.717, 1.165) is 40.4 Å². The SMILES string of the molecule is CNC(=O)C(CCC=O)N1C(=O)c2cccc(NCCC(C)C(C)CNC(=O)c3ccc(-c4cc(N5CCC(C(=O)N6N=CCC6c6ccccc6)CC5)ncn4)cc3)c2C1=O. The van der Waals surface area contributed by atoms with Crippen LogP contribution in [0.3, 0.4) is 0 Å². The van der Waals surface area contributed by atoms with Crippen LogP contribution in [0.4, 0.5) is 11.5 Å². The van der Waals surface area contributed by atoms with E-state index < -0.39 is 23.8 Å². The lowest BCUT2D eigenvalue weighted by Gasteiger charge is -2.34. The minimum atomic E-state index is -1.09. The van der Waals surface area contributed by atoms with E-state index in [9.17, 15) is 28.8 Å². The number of amides is 5. The lowest BCUT2D eigenvalue weighted by Crippen LogP contribution is -2.48. The zero-order valence-electron chi connectivity index (χ0n) is 35.3. The highest BCUT2D eigenvalue weighted by molar-refractivity contribution is 6.25. The summed E-state index contributed by atoms with van der Waals surface area (Å²) in [5, 5.41) is 15.0. The Kier molecular flexibility index (Phi) is 13.8. The fourth-order valence-corrected chi connectivity index (χ4v) is 8.37. The number of benzene rings is 3. The van der Waals surface area contributed by atoms with Gasteiger partial charge in [0.25, 0.3) is 17.7 Å². The van der Waals surface area contributed by atoms with Gasteiger partial charge in [-0.25, -0.2) is 15.0 Å².